The van der Waals surface area contributed by atoms with Gasteiger partial charge >= 0.3 is 0 Å². The van der Waals surface area contributed by atoms with Gasteiger partial charge in [0.2, 0.25) is 5.91 Å². The zero-order chi connectivity index (χ0) is 19.1. The minimum absolute atomic E-state index is 0.000520. The number of ether oxygens (including phenoxy) is 1. The van der Waals surface area contributed by atoms with Crippen molar-refractivity contribution in [2.24, 2.45) is 5.92 Å². The number of amides is 1. The molecule has 0 spiro atoms. The average molecular weight is 372 g/mol. The fraction of sp³-hybridized carbons (Fsp3) is 0.500. The molecule has 1 atom stereocenters. The summed E-state index contributed by atoms with van der Waals surface area (Å²) in [5.41, 5.74) is 2.27. The predicted octanol–water partition coefficient (Wildman–Crippen LogP) is 1.80. The van der Waals surface area contributed by atoms with Gasteiger partial charge in [-0.25, -0.2) is 0 Å². The van der Waals surface area contributed by atoms with E-state index < -0.39 is 0 Å². The zero-order valence-corrected chi connectivity index (χ0v) is 15.8. The highest BCUT2D eigenvalue weighted by Gasteiger charge is 2.18. The largest absolute Gasteiger partial charge is 0.411 e. The molecule has 7 heteroatoms. The van der Waals surface area contributed by atoms with E-state index in [9.17, 15) is 10.0 Å². The van der Waals surface area contributed by atoms with Crippen LogP contribution in [0.25, 0.3) is 11.3 Å². The van der Waals surface area contributed by atoms with Crippen molar-refractivity contribution in [3.63, 3.8) is 0 Å². The van der Waals surface area contributed by atoms with Crippen LogP contribution >= 0.6 is 0 Å². The maximum absolute atomic E-state index is 12.3. The first-order chi connectivity index (χ1) is 13.1. The summed E-state index contributed by atoms with van der Waals surface area (Å²) < 4.78 is 5.33. The minimum atomic E-state index is -0.236. The maximum atomic E-state index is 12.3. The Morgan fingerprint density at radius 3 is 2.78 bits per heavy atom. The molecule has 0 radical (unpaired) electrons. The molecule has 1 aromatic carbocycles. The van der Waals surface area contributed by atoms with Crippen LogP contribution in [-0.4, -0.2) is 65.4 Å². The van der Waals surface area contributed by atoms with Crippen molar-refractivity contribution in [3.8, 4) is 11.3 Å². The van der Waals surface area contributed by atoms with Gasteiger partial charge in [-0.15, -0.1) is 9.94 Å². The van der Waals surface area contributed by atoms with Gasteiger partial charge in [-0.05, 0) is 19.0 Å². The lowest BCUT2D eigenvalue weighted by Crippen LogP contribution is -2.38. The molecule has 27 heavy (non-hydrogen) atoms. The Bertz CT molecular complexity index is 726. The number of benzene rings is 1. The first-order valence-electron chi connectivity index (χ1n) is 9.55. The lowest BCUT2D eigenvalue weighted by molar-refractivity contribution is -0.124. The third-order valence-corrected chi connectivity index (χ3v) is 4.85. The van der Waals surface area contributed by atoms with Crippen LogP contribution in [0.4, 0.5) is 0 Å². The smallest absolute Gasteiger partial charge is 0.223 e. The van der Waals surface area contributed by atoms with Gasteiger partial charge < -0.3 is 15.3 Å². The summed E-state index contributed by atoms with van der Waals surface area (Å²) in [6.45, 7) is 7.03. The molecule has 3 rings (SSSR count). The van der Waals surface area contributed by atoms with Crippen molar-refractivity contribution in [3.05, 3.63) is 42.1 Å². The lowest BCUT2D eigenvalue weighted by Gasteiger charge is -2.26. The number of hydrogen-bond donors (Lipinski definition) is 2. The van der Waals surface area contributed by atoms with Crippen LogP contribution in [0.2, 0.25) is 0 Å². The molecular weight excluding hydrogens is 344 g/mol. The second kappa shape index (κ2) is 9.53. The molecule has 1 saturated heterocycles. The van der Waals surface area contributed by atoms with Gasteiger partial charge in [0.1, 0.15) is 0 Å². The summed E-state index contributed by atoms with van der Waals surface area (Å²) in [7, 11) is 0. The first-order valence-corrected chi connectivity index (χ1v) is 9.55. The number of carbonyl (C=O) groups is 1. The van der Waals surface area contributed by atoms with E-state index in [1.54, 1.807) is 0 Å². The molecule has 0 saturated carbocycles. The topological polar surface area (TPSA) is 79.6 Å². The molecule has 7 nitrogen and oxygen atoms in total. The Kier molecular flexibility index (Phi) is 6.84. The quantitative estimate of drug-likeness (QED) is 0.546. The minimum Gasteiger partial charge on any atom is -0.411 e. The number of aromatic nitrogens is 2. The van der Waals surface area contributed by atoms with Gasteiger partial charge in [-0.3, -0.25) is 9.69 Å². The number of morpholine rings is 1. The monoisotopic (exact) mass is 372 g/mol. The summed E-state index contributed by atoms with van der Waals surface area (Å²) in [5.74, 6) is -0.237. The van der Waals surface area contributed by atoms with Gasteiger partial charge in [-0.1, -0.05) is 37.3 Å². The average Bonchev–Trinajstić information content (AvgIpc) is 3.07. The molecule has 1 aliphatic heterocycles. The number of nitrogens with one attached hydrogen (secondary N) is 1. The molecule has 2 aromatic rings. The molecule has 2 heterocycles. The van der Waals surface area contributed by atoms with Gasteiger partial charge in [0, 0.05) is 37.5 Å². The second-order valence-corrected chi connectivity index (χ2v) is 6.98. The Morgan fingerprint density at radius 1 is 1.30 bits per heavy atom. The SMILES string of the molecule is CC(Cc1cc(-c2ccccc2)nn1O)C(=O)NCCCN1CCOCC1. The molecule has 1 amide bonds. The van der Waals surface area contributed by atoms with Crippen molar-refractivity contribution < 1.29 is 14.7 Å². The van der Waals surface area contributed by atoms with E-state index in [1.165, 1.54) is 0 Å². The summed E-state index contributed by atoms with van der Waals surface area (Å²) in [4.78, 5) is 15.6. The molecular formula is C20H28N4O3. The summed E-state index contributed by atoms with van der Waals surface area (Å²) in [6, 6.07) is 11.5. The van der Waals surface area contributed by atoms with Gasteiger partial charge in [0.05, 0.1) is 24.6 Å². The van der Waals surface area contributed by atoms with E-state index in [2.05, 4.69) is 15.3 Å². The van der Waals surface area contributed by atoms with E-state index in [0.29, 0.717) is 24.4 Å². The van der Waals surface area contributed by atoms with Crippen LogP contribution < -0.4 is 5.32 Å². The predicted molar refractivity (Wildman–Crippen MR) is 103 cm³/mol. The van der Waals surface area contributed by atoms with Gasteiger partial charge in [0.25, 0.3) is 0 Å². The first kappa shape index (κ1) is 19.4. The van der Waals surface area contributed by atoms with Crippen LogP contribution in [0, 0.1) is 5.92 Å². The van der Waals surface area contributed by atoms with Crippen molar-refractivity contribution in [2.45, 2.75) is 19.8 Å². The van der Waals surface area contributed by atoms with Crippen molar-refractivity contribution >= 4 is 5.91 Å². The van der Waals surface area contributed by atoms with Crippen molar-refractivity contribution in [1.29, 1.82) is 0 Å². The van der Waals surface area contributed by atoms with Crippen LogP contribution in [0.15, 0.2) is 36.4 Å². The van der Waals surface area contributed by atoms with Crippen LogP contribution in [0.3, 0.4) is 0 Å². The second-order valence-electron chi connectivity index (χ2n) is 6.98. The number of carbonyl (C=O) groups excluding carboxylic acids is 1. The molecule has 2 N–H and O–H groups in total. The van der Waals surface area contributed by atoms with Crippen molar-refractivity contribution in [1.82, 2.24) is 20.2 Å². The van der Waals surface area contributed by atoms with Crippen LogP contribution in [-0.2, 0) is 16.0 Å². The summed E-state index contributed by atoms with van der Waals surface area (Å²) in [6.07, 6.45) is 1.36. The third kappa shape index (κ3) is 5.55. The van der Waals surface area contributed by atoms with E-state index in [4.69, 9.17) is 4.74 Å². The zero-order valence-electron chi connectivity index (χ0n) is 15.8. The Morgan fingerprint density at radius 2 is 2.04 bits per heavy atom. The third-order valence-electron chi connectivity index (χ3n) is 4.85. The fourth-order valence-electron chi connectivity index (χ4n) is 3.22. The van der Waals surface area contributed by atoms with E-state index in [-0.39, 0.29) is 11.8 Å². The highest BCUT2D eigenvalue weighted by atomic mass is 16.5. The normalized spacial score (nSPS) is 16.2. The number of nitrogens with zero attached hydrogens (tertiary/aromatic N) is 3. The van der Waals surface area contributed by atoms with Crippen LogP contribution in [0.5, 0.6) is 0 Å². The molecule has 1 aromatic heterocycles. The summed E-state index contributed by atoms with van der Waals surface area (Å²) >= 11 is 0. The fourth-order valence-corrected chi connectivity index (χ4v) is 3.22. The molecule has 1 unspecified atom stereocenters. The molecule has 1 fully saturated rings. The van der Waals surface area contributed by atoms with Crippen molar-refractivity contribution in [2.75, 3.05) is 39.4 Å². The molecule has 0 aliphatic carbocycles. The van der Waals surface area contributed by atoms with E-state index in [0.717, 1.165) is 49.7 Å². The standard InChI is InChI=1S/C20H28N4O3/c1-16(20(25)21-8-5-9-23-10-12-27-13-11-23)14-18-15-19(22-24(18)26)17-6-3-2-4-7-17/h2-4,6-7,15-16,26H,5,8-14H2,1H3,(H,21,25). The van der Waals surface area contributed by atoms with Gasteiger partial charge in [0.15, 0.2) is 0 Å². The van der Waals surface area contributed by atoms with Gasteiger partial charge in [-0.2, -0.15) is 0 Å². The molecule has 146 valence electrons. The van der Waals surface area contributed by atoms with E-state index in [1.807, 2.05) is 43.3 Å². The molecule has 0 bridgehead atoms. The molecule has 1 aliphatic rings. The lowest BCUT2D eigenvalue weighted by atomic mass is 10.0. The number of hydrogen-bond acceptors (Lipinski definition) is 5. The highest BCUT2D eigenvalue weighted by molar-refractivity contribution is 5.78. The van der Waals surface area contributed by atoms with E-state index >= 15 is 0 Å². The Balaban J connectivity index is 1.44. The van der Waals surface area contributed by atoms with Crippen LogP contribution in [0.1, 0.15) is 19.0 Å². The highest BCUT2D eigenvalue weighted by Crippen LogP contribution is 2.20. The maximum Gasteiger partial charge on any atom is 0.223 e. The Hall–Kier alpha value is -2.38. The number of rotatable bonds is 8. The summed E-state index contributed by atoms with van der Waals surface area (Å²) in [5, 5.41) is 17.2. The Labute approximate surface area is 159 Å².